The summed E-state index contributed by atoms with van der Waals surface area (Å²) >= 11 is 0. The molecule has 1 aliphatic heterocycles. The summed E-state index contributed by atoms with van der Waals surface area (Å²) in [5.41, 5.74) is -0.123. The molecule has 2 heterocycles. The SMILES string of the molecule is CC(C)Oc1c(F)cc(COc2cc3n(c(=O)n2)CC[C@@H](C)N3C)cc1F. The highest BCUT2D eigenvalue weighted by Gasteiger charge is 2.22. The molecule has 0 aliphatic carbocycles. The zero-order valence-corrected chi connectivity index (χ0v) is 15.8. The Morgan fingerprint density at radius 2 is 1.93 bits per heavy atom. The number of nitrogens with zero attached hydrogens (tertiary/aromatic N) is 3. The molecule has 27 heavy (non-hydrogen) atoms. The van der Waals surface area contributed by atoms with Crippen LogP contribution in [0.3, 0.4) is 0 Å². The van der Waals surface area contributed by atoms with Gasteiger partial charge in [-0.05, 0) is 44.9 Å². The van der Waals surface area contributed by atoms with Gasteiger partial charge in [-0.1, -0.05) is 0 Å². The summed E-state index contributed by atoms with van der Waals surface area (Å²) < 4.78 is 40.4. The van der Waals surface area contributed by atoms with Gasteiger partial charge in [-0.15, -0.1) is 0 Å². The van der Waals surface area contributed by atoms with Gasteiger partial charge < -0.3 is 14.4 Å². The van der Waals surface area contributed by atoms with E-state index in [1.165, 1.54) is 0 Å². The fourth-order valence-corrected chi connectivity index (χ4v) is 2.99. The van der Waals surface area contributed by atoms with E-state index in [-0.39, 0.29) is 30.2 Å². The maximum absolute atomic E-state index is 14.1. The van der Waals surface area contributed by atoms with Gasteiger partial charge in [0.05, 0.1) is 6.10 Å². The van der Waals surface area contributed by atoms with E-state index < -0.39 is 23.1 Å². The number of rotatable bonds is 5. The van der Waals surface area contributed by atoms with Crippen LogP contribution in [0.4, 0.5) is 14.6 Å². The molecule has 2 aromatic rings. The second-order valence-electron chi connectivity index (χ2n) is 6.98. The maximum Gasteiger partial charge on any atom is 0.352 e. The highest BCUT2D eigenvalue weighted by atomic mass is 19.1. The molecule has 0 amide bonds. The topological polar surface area (TPSA) is 56.6 Å². The van der Waals surface area contributed by atoms with Gasteiger partial charge in [0.1, 0.15) is 12.4 Å². The summed E-state index contributed by atoms with van der Waals surface area (Å²) in [7, 11) is 1.90. The third-order valence-electron chi connectivity index (χ3n) is 4.56. The van der Waals surface area contributed by atoms with Crippen LogP contribution in [0.5, 0.6) is 11.6 Å². The van der Waals surface area contributed by atoms with Gasteiger partial charge in [0.2, 0.25) is 5.88 Å². The predicted molar refractivity (Wildman–Crippen MR) is 97.4 cm³/mol. The highest BCUT2D eigenvalue weighted by molar-refractivity contribution is 5.44. The lowest BCUT2D eigenvalue weighted by Gasteiger charge is -2.34. The molecule has 0 radical (unpaired) electrons. The van der Waals surface area contributed by atoms with Crippen molar-refractivity contribution < 1.29 is 18.3 Å². The zero-order chi connectivity index (χ0) is 19.7. The van der Waals surface area contributed by atoms with Crippen molar-refractivity contribution in [3.05, 3.63) is 45.9 Å². The summed E-state index contributed by atoms with van der Waals surface area (Å²) in [5.74, 6) is -1.17. The van der Waals surface area contributed by atoms with Crippen LogP contribution in [0, 0.1) is 11.6 Å². The molecular weight excluding hydrogens is 356 g/mol. The molecule has 0 N–H and O–H groups in total. The van der Waals surface area contributed by atoms with Crippen molar-refractivity contribution in [1.29, 1.82) is 0 Å². The molecule has 1 aliphatic rings. The quantitative estimate of drug-likeness (QED) is 0.799. The Bertz CT molecular complexity index is 875. The van der Waals surface area contributed by atoms with Gasteiger partial charge in [-0.25, -0.2) is 13.6 Å². The Morgan fingerprint density at radius 3 is 2.56 bits per heavy atom. The Balaban J connectivity index is 1.80. The van der Waals surface area contributed by atoms with Crippen molar-refractivity contribution in [2.75, 3.05) is 11.9 Å². The first-order chi connectivity index (χ1) is 12.8. The van der Waals surface area contributed by atoms with Crippen molar-refractivity contribution in [2.24, 2.45) is 0 Å². The number of benzene rings is 1. The molecule has 0 unspecified atom stereocenters. The van der Waals surface area contributed by atoms with E-state index in [2.05, 4.69) is 11.9 Å². The number of halogens is 2. The van der Waals surface area contributed by atoms with Crippen LogP contribution >= 0.6 is 0 Å². The highest BCUT2D eigenvalue weighted by Crippen LogP contribution is 2.26. The summed E-state index contributed by atoms with van der Waals surface area (Å²) in [6.45, 7) is 5.93. The minimum Gasteiger partial charge on any atom is -0.485 e. The Morgan fingerprint density at radius 1 is 1.26 bits per heavy atom. The molecule has 1 aromatic carbocycles. The average molecular weight is 379 g/mol. The number of aromatic nitrogens is 2. The normalized spacial score (nSPS) is 16.4. The van der Waals surface area contributed by atoms with Gasteiger partial charge >= 0.3 is 5.69 Å². The minimum atomic E-state index is -0.797. The molecule has 146 valence electrons. The van der Waals surface area contributed by atoms with Gasteiger partial charge in [0.25, 0.3) is 0 Å². The molecule has 3 rings (SSSR count). The van der Waals surface area contributed by atoms with Crippen LogP contribution in [-0.2, 0) is 13.2 Å². The summed E-state index contributed by atoms with van der Waals surface area (Å²) in [4.78, 5) is 18.1. The lowest BCUT2D eigenvalue weighted by Crippen LogP contribution is -2.41. The fourth-order valence-electron chi connectivity index (χ4n) is 2.99. The Kier molecular flexibility index (Phi) is 5.34. The number of anilines is 1. The van der Waals surface area contributed by atoms with Crippen LogP contribution in [0.25, 0.3) is 0 Å². The third kappa shape index (κ3) is 4.04. The molecule has 0 saturated carbocycles. The third-order valence-corrected chi connectivity index (χ3v) is 4.56. The summed E-state index contributed by atoms with van der Waals surface area (Å²) in [5, 5.41) is 0. The smallest absolute Gasteiger partial charge is 0.352 e. The van der Waals surface area contributed by atoms with E-state index in [0.717, 1.165) is 18.6 Å². The van der Waals surface area contributed by atoms with Gasteiger partial charge in [0.15, 0.2) is 17.4 Å². The molecular formula is C19H23F2N3O3. The average Bonchev–Trinajstić information content (AvgIpc) is 2.59. The molecule has 0 fully saturated rings. The largest absolute Gasteiger partial charge is 0.485 e. The van der Waals surface area contributed by atoms with Gasteiger partial charge in [0, 0.05) is 25.7 Å². The lowest BCUT2D eigenvalue weighted by atomic mass is 10.1. The second kappa shape index (κ2) is 7.54. The Hall–Kier alpha value is -2.64. The van der Waals surface area contributed by atoms with E-state index in [1.807, 2.05) is 11.9 Å². The summed E-state index contributed by atoms with van der Waals surface area (Å²) in [6, 6.07) is 4.26. The molecule has 1 aromatic heterocycles. The lowest BCUT2D eigenvalue weighted by molar-refractivity contribution is 0.218. The van der Waals surface area contributed by atoms with Crippen LogP contribution in [0.15, 0.2) is 23.0 Å². The van der Waals surface area contributed by atoms with Crippen LogP contribution in [0.2, 0.25) is 0 Å². The molecule has 0 spiro atoms. The van der Waals surface area contributed by atoms with E-state index in [0.29, 0.717) is 12.4 Å². The van der Waals surface area contributed by atoms with E-state index in [9.17, 15) is 13.6 Å². The number of ether oxygens (including phenoxy) is 2. The minimum absolute atomic E-state index is 0.120. The first-order valence-electron chi connectivity index (χ1n) is 8.88. The number of hydrogen-bond donors (Lipinski definition) is 0. The molecule has 6 nitrogen and oxygen atoms in total. The number of fused-ring (bicyclic) bond motifs is 1. The van der Waals surface area contributed by atoms with Crippen molar-refractivity contribution in [3.8, 4) is 11.6 Å². The molecule has 0 bridgehead atoms. The van der Waals surface area contributed by atoms with E-state index in [1.54, 1.807) is 24.5 Å². The van der Waals surface area contributed by atoms with Crippen LogP contribution < -0.4 is 20.1 Å². The van der Waals surface area contributed by atoms with Gasteiger partial charge in [-0.2, -0.15) is 4.98 Å². The number of hydrogen-bond acceptors (Lipinski definition) is 5. The van der Waals surface area contributed by atoms with E-state index in [4.69, 9.17) is 9.47 Å². The van der Waals surface area contributed by atoms with E-state index >= 15 is 0 Å². The first kappa shape index (κ1) is 19.1. The van der Waals surface area contributed by atoms with Crippen LogP contribution in [-0.4, -0.2) is 28.7 Å². The van der Waals surface area contributed by atoms with Crippen molar-refractivity contribution >= 4 is 5.82 Å². The fraction of sp³-hybridized carbons (Fsp3) is 0.474. The molecule has 8 heteroatoms. The van der Waals surface area contributed by atoms with Crippen molar-refractivity contribution in [3.63, 3.8) is 0 Å². The van der Waals surface area contributed by atoms with Crippen LogP contribution in [0.1, 0.15) is 32.8 Å². The first-order valence-corrected chi connectivity index (χ1v) is 8.88. The molecule has 0 saturated heterocycles. The second-order valence-corrected chi connectivity index (χ2v) is 6.98. The standard InChI is InChI=1S/C19H23F2N3O3/c1-11(2)27-18-14(20)7-13(8-15(18)21)10-26-16-9-17-23(4)12(3)5-6-24(17)19(25)22-16/h7-9,11-12H,5-6,10H2,1-4H3/t12-/m1/s1. The predicted octanol–water partition coefficient (Wildman–Crippen LogP) is 3.12. The van der Waals surface area contributed by atoms with Crippen molar-refractivity contribution in [2.45, 2.75) is 52.5 Å². The van der Waals surface area contributed by atoms with Gasteiger partial charge in [-0.3, -0.25) is 4.57 Å². The molecule has 1 atom stereocenters. The summed E-state index contributed by atoms with van der Waals surface area (Å²) in [6.07, 6.45) is 0.511. The Labute approximate surface area is 156 Å². The zero-order valence-electron chi connectivity index (χ0n) is 15.8. The van der Waals surface area contributed by atoms with Crippen molar-refractivity contribution in [1.82, 2.24) is 9.55 Å². The maximum atomic E-state index is 14.1. The monoisotopic (exact) mass is 379 g/mol.